The first-order valence-electron chi connectivity index (χ1n) is 6.14. The lowest BCUT2D eigenvalue weighted by atomic mass is 10.2. The normalized spacial score (nSPS) is 10.1. The topological polar surface area (TPSA) is 62.7 Å². The average Bonchev–Trinajstić information content (AvgIpc) is 2.47. The van der Waals surface area contributed by atoms with E-state index < -0.39 is 5.97 Å². The molecule has 0 aliphatic rings. The lowest BCUT2D eigenvalue weighted by Crippen LogP contribution is -2.20. The van der Waals surface area contributed by atoms with E-state index in [-0.39, 0.29) is 5.56 Å². The van der Waals surface area contributed by atoms with Crippen LogP contribution in [0.1, 0.15) is 15.9 Å². The summed E-state index contributed by atoms with van der Waals surface area (Å²) in [5, 5.41) is 9.18. The molecular formula is C15H16N2O3. The second-order valence-electron chi connectivity index (χ2n) is 4.39. The molecule has 0 radical (unpaired) electrons. The van der Waals surface area contributed by atoms with Crippen molar-refractivity contribution in [3.8, 4) is 5.75 Å². The van der Waals surface area contributed by atoms with Gasteiger partial charge in [-0.3, -0.25) is 0 Å². The minimum absolute atomic E-state index is 0.192. The molecule has 5 nitrogen and oxygen atoms in total. The zero-order chi connectivity index (χ0) is 14.5. The van der Waals surface area contributed by atoms with Crippen LogP contribution in [0.3, 0.4) is 0 Å². The number of benzene rings is 1. The molecule has 0 fully saturated rings. The van der Waals surface area contributed by atoms with Crippen molar-refractivity contribution >= 4 is 11.8 Å². The Labute approximate surface area is 117 Å². The summed E-state index contributed by atoms with van der Waals surface area (Å²) in [5.41, 5.74) is 1.21. The van der Waals surface area contributed by atoms with Gasteiger partial charge in [0.25, 0.3) is 0 Å². The molecule has 1 aromatic carbocycles. The summed E-state index contributed by atoms with van der Waals surface area (Å²) in [6.07, 6.45) is 1.59. The van der Waals surface area contributed by atoms with Gasteiger partial charge in [-0.25, -0.2) is 9.78 Å². The lowest BCUT2D eigenvalue weighted by Gasteiger charge is -2.20. The Morgan fingerprint density at radius 2 is 2.15 bits per heavy atom. The van der Waals surface area contributed by atoms with E-state index in [4.69, 9.17) is 4.74 Å². The second kappa shape index (κ2) is 6.06. The van der Waals surface area contributed by atoms with Gasteiger partial charge in [0.2, 0.25) is 0 Å². The molecule has 0 amide bonds. The first kappa shape index (κ1) is 13.9. The van der Waals surface area contributed by atoms with Crippen molar-refractivity contribution in [2.75, 3.05) is 19.1 Å². The standard InChI is InChI=1S/C15H16N2O3/c1-17(10-11-5-3-6-12(9-11)20-2)14-13(15(18)19)7-4-8-16-14/h3-9H,10H2,1-2H3,(H,18,19). The zero-order valence-electron chi connectivity index (χ0n) is 11.4. The molecule has 1 aromatic heterocycles. The SMILES string of the molecule is COc1cccc(CN(C)c2ncccc2C(=O)O)c1. The van der Waals surface area contributed by atoms with Crippen molar-refractivity contribution < 1.29 is 14.6 Å². The van der Waals surface area contributed by atoms with Crippen molar-refractivity contribution in [1.29, 1.82) is 0 Å². The number of rotatable bonds is 5. The Morgan fingerprint density at radius 1 is 1.35 bits per heavy atom. The van der Waals surface area contributed by atoms with E-state index in [1.165, 1.54) is 0 Å². The highest BCUT2D eigenvalue weighted by molar-refractivity contribution is 5.93. The highest BCUT2D eigenvalue weighted by Crippen LogP contribution is 2.20. The van der Waals surface area contributed by atoms with Crippen LogP contribution in [0.4, 0.5) is 5.82 Å². The largest absolute Gasteiger partial charge is 0.497 e. The number of methoxy groups -OCH3 is 1. The third-order valence-electron chi connectivity index (χ3n) is 2.93. The van der Waals surface area contributed by atoms with Crippen LogP contribution in [0.2, 0.25) is 0 Å². The van der Waals surface area contributed by atoms with Crippen LogP contribution in [0.5, 0.6) is 5.75 Å². The van der Waals surface area contributed by atoms with Gasteiger partial charge in [0, 0.05) is 19.8 Å². The molecule has 1 heterocycles. The number of aromatic nitrogens is 1. The fourth-order valence-electron chi connectivity index (χ4n) is 1.99. The third kappa shape index (κ3) is 3.06. The smallest absolute Gasteiger partial charge is 0.339 e. The van der Waals surface area contributed by atoms with Crippen LogP contribution in [0.15, 0.2) is 42.6 Å². The number of carboxylic acids is 1. The Bertz CT molecular complexity index is 614. The zero-order valence-corrected chi connectivity index (χ0v) is 11.4. The van der Waals surface area contributed by atoms with Crippen molar-refractivity contribution in [3.05, 3.63) is 53.7 Å². The van der Waals surface area contributed by atoms with Crippen molar-refractivity contribution in [2.24, 2.45) is 0 Å². The first-order chi connectivity index (χ1) is 9.61. The van der Waals surface area contributed by atoms with Gasteiger partial charge in [-0.2, -0.15) is 0 Å². The van der Waals surface area contributed by atoms with E-state index in [0.717, 1.165) is 11.3 Å². The summed E-state index contributed by atoms with van der Waals surface area (Å²) in [4.78, 5) is 17.1. The molecule has 0 atom stereocenters. The highest BCUT2D eigenvalue weighted by atomic mass is 16.5. The highest BCUT2D eigenvalue weighted by Gasteiger charge is 2.14. The maximum atomic E-state index is 11.2. The maximum Gasteiger partial charge on any atom is 0.339 e. The predicted molar refractivity (Wildman–Crippen MR) is 76.3 cm³/mol. The Balaban J connectivity index is 2.23. The van der Waals surface area contributed by atoms with Gasteiger partial charge in [0.1, 0.15) is 17.1 Å². The van der Waals surface area contributed by atoms with Crippen LogP contribution >= 0.6 is 0 Å². The molecule has 104 valence electrons. The van der Waals surface area contributed by atoms with Gasteiger partial charge >= 0.3 is 5.97 Å². The molecule has 0 aliphatic carbocycles. The minimum Gasteiger partial charge on any atom is -0.497 e. The molecule has 2 rings (SSSR count). The van der Waals surface area contributed by atoms with E-state index >= 15 is 0 Å². The molecule has 20 heavy (non-hydrogen) atoms. The monoisotopic (exact) mass is 272 g/mol. The third-order valence-corrected chi connectivity index (χ3v) is 2.93. The molecule has 0 aliphatic heterocycles. The minimum atomic E-state index is -0.981. The number of pyridine rings is 1. The number of anilines is 1. The van der Waals surface area contributed by atoms with E-state index in [2.05, 4.69) is 4.98 Å². The Hall–Kier alpha value is -2.56. The Kier molecular flexibility index (Phi) is 4.20. The van der Waals surface area contributed by atoms with Crippen LogP contribution in [0, 0.1) is 0 Å². The van der Waals surface area contributed by atoms with Crippen molar-refractivity contribution in [2.45, 2.75) is 6.54 Å². The van der Waals surface area contributed by atoms with E-state index in [9.17, 15) is 9.90 Å². The number of hydrogen-bond donors (Lipinski definition) is 1. The fourth-order valence-corrected chi connectivity index (χ4v) is 1.99. The van der Waals surface area contributed by atoms with Crippen LogP contribution in [-0.2, 0) is 6.54 Å². The summed E-state index contributed by atoms with van der Waals surface area (Å²) >= 11 is 0. The van der Waals surface area contributed by atoms with E-state index in [0.29, 0.717) is 12.4 Å². The predicted octanol–water partition coefficient (Wildman–Crippen LogP) is 2.42. The van der Waals surface area contributed by atoms with Crippen LogP contribution < -0.4 is 9.64 Å². The molecule has 1 N–H and O–H groups in total. The number of nitrogens with zero attached hydrogens (tertiary/aromatic N) is 2. The summed E-state index contributed by atoms with van der Waals surface area (Å²) in [6.45, 7) is 0.550. The van der Waals surface area contributed by atoms with Gasteiger partial charge in [-0.1, -0.05) is 12.1 Å². The van der Waals surface area contributed by atoms with Gasteiger partial charge in [-0.15, -0.1) is 0 Å². The number of ether oxygens (including phenoxy) is 1. The average molecular weight is 272 g/mol. The van der Waals surface area contributed by atoms with Crippen LogP contribution in [-0.4, -0.2) is 30.2 Å². The number of carboxylic acid groups (broad SMARTS) is 1. The summed E-state index contributed by atoms with van der Waals surface area (Å²) in [5.74, 6) is 0.240. The van der Waals surface area contributed by atoms with E-state index in [1.54, 1.807) is 30.3 Å². The van der Waals surface area contributed by atoms with Gasteiger partial charge in [0.05, 0.1) is 7.11 Å². The van der Waals surface area contributed by atoms with Crippen LogP contribution in [0.25, 0.3) is 0 Å². The Morgan fingerprint density at radius 3 is 2.85 bits per heavy atom. The molecule has 5 heteroatoms. The first-order valence-corrected chi connectivity index (χ1v) is 6.14. The van der Waals surface area contributed by atoms with Gasteiger partial charge in [-0.05, 0) is 29.8 Å². The molecule has 0 bridgehead atoms. The quantitative estimate of drug-likeness (QED) is 0.905. The molecule has 2 aromatic rings. The molecule has 0 spiro atoms. The molecule has 0 unspecified atom stereocenters. The number of hydrogen-bond acceptors (Lipinski definition) is 4. The molecule has 0 saturated carbocycles. The van der Waals surface area contributed by atoms with Crippen molar-refractivity contribution in [1.82, 2.24) is 4.98 Å². The number of carbonyl (C=O) groups is 1. The second-order valence-corrected chi connectivity index (χ2v) is 4.39. The molecular weight excluding hydrogens is 256 g/mol. The van der Waals surface area contributed by atoms with Gasteiger partial charge in [0.15, 0.2) is 0 Å². The maximum absolute atomic E-state index is 11.2. The van der Waals surface area contributed by atoms with Crippen molar-refractivity contribution in [3.63, 3.8) is 0 Å². The molecule has 0 saturated heterocycles. The number of aromatic carboxylic acids is 1. The van der Waals surface area contributed by atoms with E-state index in [1.807, 2.05) is 31.3 Å². The fraction of sp³-hybridized carbons (Fsp3) is 0.200. The van der Waals surface area contributed by atoms with Gasteiger partial charge < -0.3 is 14.7 Å². The summed E-state index contributed by atoms with van der Waals surface area (Å²) in [7, 11) is 3.43. The summed E-state index contributed by atoms with van der Waals surface area (Å²) in [6, 6.07) is 10.8. The summed E-state index contributed by atoms with van der Waals surface area (Å²) < 4.78 is 5.18. The lowest BCUT2D eigenvalue weighted by molar-refractivity contribution is 0.0697.